The van der Waals surface area contributed by atoms with Gasteiger partial charge in [0, 0.05) is 17.7 Å². The molecule has 0 amide bonds. The number of ether oxygens (including phenoxy) is 1. The Morgan fingerprint density at radius 2 is 1.74 bits per heavy atom. The van der Waals surface area contributed by atoms with E-state index in [9.17, 15) is 13.2 Å². The van der Waals surface area contributed by atoms with Crippen LogP contribution in [0.5, 0.6) is 11.5 Å². The van der Waals surface area contributed by atoms with Crippen molar-refractivity contribution < 1.29 is 17.9 Å². The molecule has 0 radical (unpaired) electrons. The highest BCUT2D eigenvalue weighted by molar-refractivity contribution is 5.69. The van der Waals surface area contributed by atoms with Gasteiger partial charge in [0.15, 0.2) is 17.4 Å². The molecule has 0 aliphatic rings. The van der Waals surface area contributed by atoms with E-state index >= 15 is 0 Å². The highest BCUT2D eigenvalue weighted by Crippen LogP contribution is 2.33. The molecule has 3 nitrogen and oxygen atoms in total. The topological polar surface area (TPSA) is 48.1 Å². The molecule has 23 heavy (non-hydrogen) atoms. The second-order valence-electron chi connectivity index (χ2n) is 4.80. The van der Waals surface area contributed by atoms with Crippen molar-refractivity contribution in [1.82, 2.24) is 4.98 Å². The van der Waals surface area contributed by atoms with Crippen molar-refractivity contribution in [3.63, 3.8) is 0 Å². The number of nitrogen functional groups attached to an aromatic ring is 1. The molecular weight excluding hydrogens is 305 g/mol. The fourth-order valence-electron chi connectivity index (χ4n) is 2.06. The monoisotopic (exact) mass is 316 g/mol. The quantitative estimate of drug-likeness (QED) is 0.771. The van der Waals surface area contributed by atoms with Crippen LogP contribution in [0.1, 0.15) is 0 Å². The first-order chi connectivity index (χ1) is 11.0. The van der Waals surface area contributed by atoms with E-state index in [4.69, 9.17) is 10.5 Å². The zero-order valence-electron chi connectivity index (χ0n) is 11.8. The van der Waals surface area contributed by atoms with Gasteiger partial charge in [-0.15, -0.1) is 0 Å². The van der Waals surface area contributed by atoms with E-state index in [2.05, 4.69) is 4.98 Å². The van der Waals surface area contributed by atoms with Crippen LogP contribution in [0.3, 0.4) is 0 Å². The Hall–Kier alpha value is -3.02. The number of nitrogens with two attached hydrogens (primary N) is 1. The largest absolute Gasteiger partial charge is 0.455 e. The van der Waals surface area contributed by atoms with Crippen LogP contribution < -0.4 is 10.5 Å². The van der Waals surface area contributed by atoms with Crippen molar-refractivity contribution in [2.24, 2.45) is 0 Å². The highest BCUT2D eigenvalue weighted by Gasteiger charge is 2.13. The minimum Gasteiger partial charge on any atom is -0.455 e. The van der Waals surface area contributed by atoms with Crippen LogP contribution in [-0.4, -0.2) is 4.98 Å². The van der Waals surface area contributed by atoms with Gasteiger partial charge in [-0.2, -0.15) is 0 Å². The number of benzene rings is 2. The van der Waals surface area contributed by atoms with Crippen molar-refractivity contribution >= 4 is 5.69 Å². The van der Waals surface area contributed by atoms with Gasteiger partial charge in [0.25, 0.3) is 0 Å². The van der Waals surface area contributed by atoms with Crippen LogP contribution >= 0.6 is 0 Å². The Balaban J connectivity index is 2.05. The lowest BCUT2D eigenvalue weighted by molar-refractivity contribution is 0.476. The predicted molar refractivity (Wildman–Crippen MR) is 80.5 cm³/mol. The fraction of sp³-hybridized carbons (Fsp3) is 0. The molecule has 2 N–H and O–H groups in total. The third kappa shape index (κ3) is 3.26. The van der Waals surface area contributed by atoms with Crippen LogP contribution in [0, 0.1) is 17.5 Å². The third-order valence-electron chi connectivity index (χ3n) is 3.09. The smallest absolute Gasteiger partial charge is 0.159 e. The summed E-state index contributed by atoms with van der Waals surface area (Å²) < 4.78 is 45.4. The summed E-state index contributed by atoms with van der Waals surface area (Å²) in [6.07, 6.45) is 1.37. The van der Waals surface area contributed by atoms with Crippen molar-refractivity contribution in [1.29, 1.82) is 0 Å². The molecule has 116 valence electrons. The van der Waals surface area contributed by atoms with E-state index in [-0.39, 0.29) is 17.2 Å². The molecule has 0 fully saturated rings. The SMILES string of the molecule is Nc1cnc(-c2ccc(F)c(F)c2)c(Oc2cccc(F)c2)c1. The molecule has 1 aromatic heterocycles. The first-order valence-electron chi connectivity index (χ1n) is 6.67. The number of halogens is 3. The van der Waals surface area contributed by atoms with Gasteiger partial charge in [-0.05, 0) is 30.3 Å². The number of rotatable bonds is 3. The summed E-state index contributed by atoms with van der Waals surface area (Å²) in [4.78, 5) is 4.10. The molecular formula is C17H11F3N2O. The summed E-state index contributed by atoms with van der Waals surface area (Å²) in [5, 5.41) is 0. The van der Waals surface area contributed by atoms with Gasteiger partial charge in [-0.25, -0.2) is 13.2 Å². The second kappa shape index (κ2) is 6.00. The molecule has 0 bridgehead atoms. The molecule has 0 unspecified atom stereocenters. The lowest BCUT2D eigenvalue weighted by atomic mass is 10.1. The summed E-state index contributed by atoms with van der Waals surface area (Å²) in [6.45, 7) is 0. The minimum absolute atomic E-state index is 0.210. The molecule has 1 heterocycles. The van der Waals surface area contributed by atoms with Crippen molar-refractivity contribution in [2.45, 2.75) is 0 Å². The van der Waals surface area contributed by atoms with Gasteiger partial charge in [0.2, 0.25) is 0 Å². The standard InChI is InChI=1S/C17H11F3N2O/c18-11-2-1-3-13(7-11)23-16-8-12(21)9-22-17(16)10-4-5-14(19)15(20)6-10/h1-9H,21H2. The van der Waals surface area contributed by atoms with E-state index in [1.165, 1.54) is 36.5 Å². The van der Waals surface area contributed by atoms with E-state index < -0.39 is 17.5 Å². The maximum Gasteiger partial charge on any atom is 0.159 e. The molecule has 0 aliphatic heterocycles. The van der Waals surface area contributed by atoms with Crippen LogP contribution in [0.25, 0.3) is 11.3 Å². The Labute approximate surface area is 130 Å². The summed E-state index contributed by atoms with van der Waals surface area (Å²) >= 11 is 0. The Kier molecular flexibility index (Phi) is 3.89. The first-order valence-corrected chi connectivity index (χ1v) is 6.67. The first kappa shape index (κ1) is 14.9. The zero-order valence-corrected chi connectivity index (χ0v) is 11.8. The summed E-state index contributed by atoms with van der Waals surface area (Å²) in [7, 11) is 0. The van der Waals surface area contributed by atoms with Crippen LogP contribution in [0.15, 0.2) is 54.7 Å². The Bertz CT molecular complexity index is 868. The van der Waals surface area contributed by atoms with E-state index in [0.29, 0.717) is 11.3 Å². The molecule has 0 saturated carbocycles. The molecule has 0 spiro atoms. The average molecular weight is 316 g/mol. The van der Waals surface area contributed by atoms with Crippen molar-refractivity contribution in [3.05, 3.63) is 72.2 Å². The van der Waals surface area contributed by atoms with Gasteiger partial charge in [0.05, 0.1) is 11.9 Å². The zero-order chi connectivity index (χ0) is 16.4. The second-order valence-corrected chi connectivity index (χ2v) is 4.80. The fourth-order valence-corrected chi connectivity index (χ4v) is 2.06. The maximum atomic E-state index is 13.4. The molecule has 6 heteroatoms. The number of aromatic nitrogens is 1. The van der Waals surface area contributed by atoms with E-state index in [1.807, 2.05) is 0 Å². The van der Waals surface area contributed by atoms with Gasteiger partial charge in [0.1, 0.15) is 17.3 Å². The number of pyridine rings is 1. The molecule has 0 aliphatic carbocycles. The summed E-state index contributed by atoms with van der Waals surface area (Å²) in [5.74, 6) is -1.98. The van der Waals surface area contributed by atoms with E-state index in [1.54, 1.807) is 6.07 Å². The minimum atomic E-state index is -1.00. The van der Waals surface area contributed by atoms with Gasteiger partial charge in [-0.3, -0.25) is 4.98 Å². The molecule has 0 saturated heterocycles. The Morgan fingerprint density at radius 1 is 0.913 bits per heavy atom. The van der Waals surface area contributed by atoms with Gasteiger partial charge in [-0.1, -0.05) is 6.07 Å². The Morgan fingerprint density at radius 3 is 2.48 bits per heavy atom. The average Bonchev–Trinajstić information content (AvgIpc) is 2.50. The lowest BCUT2D eigenvalue weighted by Gasteiger charge is -2.11. The van der Waals surface area contributed by atoms with Crippen LogP contribution in [0.4, 0.5) is 18.9 Å². The van der Waals surface area contributed by atoms with Gasteiger partial charge >= 0.3 is 0 Å². The molecule has 2 aromatic carbocycles. The summed E-state index contributed by atoms with van der Waals surface area (Å²) in [6, 6.07) is 10.4. The van der Waals surface area contributed by atoms with Crippen molar-refractivity contribution in [3.8, 4) is 22.8 Å². The van der Waals surface area contributed by atoms with Crippen LogP contribution in [-0.2, 0) is 0 Å². The lowest BCUT2D eigenvalue weighted by Crippen LogP contribution is -1.96. The number of anilines is 1. The summed E-state index contributed by atoms with van der Waals surface area (Å²) in [5.41, 5.74) is 6.60. The van der Waals surface area contributed by atoms with Crippen molar-refractivity contribution in [2.75, 3.05) is 5.73 Å². The highest BCUT2D eigenvalue weighted by atomic mass is 19.2. The number of hydrogen-bond donors (Lipinski definition) is 1. The maximum absolute atomic E-state index is 13.4. The van der Waals surface area contributed by atoms with Crippen LogP contribution in [0.2, 0.25) is 0 Å². The third-order valence-corrected chi connectivity index (χ3v) is 3.09. The predicted octanol–water partition coefficient (Wildman–Crippen LogP) is 4.54. The van der Waals surface area contributed by atoms with Gasteiger partial charge < -0.3 is 10.5 Å². The molecule has 3 rings (SSSR count). The molecule has 3 aromatic rings. The number of hydrogen-bond acceptors (Lipinski definition) is 3. The normalized spacial score (nSPS) is 10.6. The van der Waals surface area contributed by atoms with E-state index in [0.717, 1.165) is 12.1 Å². The molecule has 0 atom stereocenters. The number of nitrogens with zero attached hydrogens (tertiary/aromatic N) is 1.